The Morgan fingerprint density at radius 2 is 1.90 bits per heavy atom. The van der Waals surface area contributed by atoms with Crippen LogP contribution in [0.15, 0.2) is 57.2 Å². The van der Waals surface area contributed by atoms with E-state index in [9.17, 15) is 19.8 Å². The van der Waals surface area contributed by atoms with Crippen molar-refractivity contribution in [3.63, 3.8) is 0 Å². The molecule has 1 aromatic heterocycles. The normalized spacial score (nSPS) is 15.5. The molecule has 0 aliphatic carbocycles. The van der Waals surface area contributed by atoms with Crippen LogP contribution in [0.1, 0.15) is 23.6 Å². The molecule has 4 rings (SSSR count). The highest BCUT2D eigenvalue weighted by molar-refractivity contribution is 6.30. The standard InChI is InChI=1S/C20H17ClN4O5/c1-30-16-8-10(2-7-15(16)26)13-9-14(24-23-13)17-18(27)22-20(29)25(19(17)28)12-5-3-11(21)4-6-12/h2-8,13,23,26,28H,9H2,1H3,(H,22,27,29)/t13-/m1/s1. The van der Waals surface area contributed by atoms with E-state index in [0.29, 0.717) is 16.5 Å². The minimum Gasteiger partial charge on any atom is -0.504 e. The van der Waals surface area contributed by atoms with E-state index in [1.54, 1.807) is 36.4 Å². The summed E-state index contributed by atoms with van der Waals surface area (Å²) in [7, 11) is 1.44. The molecule has 2 heterocycles. The zero-order valence-electron chi connectivity index (χ0n) is 15.7. The lowest BCUT2D eigenvalue weighted by Crippen LogP contribution is -2.33. The highest BCUT2D eigenvalue weighted by atomic mass is 35.5. The number of H-pyrrole nitrogens is 1. The zero-order valence-corrected chi connectivity index (χ0v) is 16.5. The Hall–Kier alpha value is -3.72. The van der Waals surface area contributed by atoms with Crippen molar-refractivity contribution in [3.05, 3.63) is 79.5 Å². The van der Waals surface area contributed by atoms with Crippen molar-refractivity contribution in [1.29, 1.82) is 0 Å². The van der Waals surface area contributed by atoms with Gasteiger partial charge in [0.15, 0.2) is 11.5 Å². The van der Waals surface area contributed by atoms with Crippen LogP contribution in [0.3, 0.4) is 0 Å². The lowest BCUT2D eigenvalue weighted by atomic mass is 9.99. The predicted octanol–water partition coefficient (Wildman–Crippen LogP) is 2.04. The van der Waals surface area contributed by atoms with E-state index in [2.05, 4.69) is 15.5 Å². The van der Waals surface area contributed by atoms with E-state index in [-0.39, 0.29) is 29.5 Å². The van der Waals surface area contributed by atoms with Crippen LogP contribution in [-0.2, 0) is 0 Å². The molecule has 10 heteroatoms. The number of benzene rings is 2. The number of ether oxygens (including phenoxy) is 1. The van der Waals surface area contributed by atoms with Gasteiger partial charge in [0.25, 0.3) is 5.56 Å². The number of nitrogens with one attached hydrogen (secondary N) is 2. The Bertz CT molecular complexity index is 1260. The third kappa shape index (κ3) is 3.39. The molecule has 9 nitrogen and oxygen atoms in total. The van der Waals surface area contributed by atoms with Gasteiger partial charge in [-0.15, -0.1) is 0 Å². The van der Waals surface area contributed by atoms with Crippen LogP contribution >= 0.6 is 11.6 Å². The molecule has 4 N–H and O–H groups in total. The number of methoxy groups -OCH3 is 1. The van der Waals surface area contributed by atoms with Gasteiger partial charge in [0.2, 0.25) is 5.88 Å². The Balaban J connectivity index is 1.71. The number of hydrogen-bond donors (Lipinski definition) is 4. The number of phenolic OH excluding ortho intramolecular Hbond substituents is 1. The van der Waals surface area contributed by atoms with Crippen molar-refractivity contribution < 1.29 is 14.9 Å². The van der Waals surface area contributed by atoms with Gasteiger partial charge >= 0.3 is 5.69 Å². The Morgan fingerprint density at radius 3 is 2.60 bits per heavy atom. The molecule has 0 saturated carbocycles. The largest absolute Gasteiger partial charge is 0.504 e. The van der Waals surface area contributed by atoms with Crippen molar-refractivity contribution in [2.45, 2.75) is 12.5 Å². The van der Waals surface area contributed by atoms with Crippen molar-refractivity contribution in [2.75, 3.05) is 7.11 Å². The maximum absolute atomic E-state index is 12.5. The van der Waals surface area contributed by atoms with E-state index < -0.39 is 17.1 Å². The van der Waals surface area contributed by atoms with E-state index in [1.807, 2.05) is 0 Å². The fourth-order valence-electron chi connectivity index (χ4n) is 3.32. The minimum absolute atomic E-state index is 0.00418. The van der Waals surface area contributed by atoms with Crippen LogP contribution in [0, 0.1) is 0 Å². The van der Waals surface area contributed by atoms with Crippen LogP contribution in [0.2, 0.25) is 5.02 Å². The molecule has 0 unspecified atom stereocenters. The molecule has 1 atom stereocenters. The van der Waals surface area contributed by atoms with Crippen LogP contribution in [-0.4, -0.2) is 32.6 Å². The number of phenols is 1. The SMILES string of the molecule is COc1cc([C@H]2CC(c3c(O)n(-c4ccc(Cl)cc4)c(=O)[nH]c3=O)=NN2)ccc1O. The quantitative estimate of drug-likeness (QED) is 0.503. The van der Waals surface area contributed by atoms with Gasteiger partial charge in [-0.2, -0.15) is 5.10 Å². The van der Waals surface area contributed by atoms with E-state index in [4.69, 9.17) is 16.3 Å². The average molecular weight is 429 g/mol. The fraction of sp³-hybridized carbons (Fsp3) is 0.150. The minimum atomic E-state index is -0.782. The second kappa shape index (κ2) is 7.60. The maximum atomic E-state index is 12.5. The molecule has 0 spiro atoms. The van der Waals surface area contributed by atoms with Gasteiger partial charge < -0.3 is 20.4 Å². The van der Waals surface area contributed by atoms with Gasteiger partial charge in [-0.3, -0.25) is 9.78 Å². The number of rotatable bonds is 4. The summed E-state index contributed by atoms with van der Waals surface area (Å²) in [5, 5.41) is 25.2. The summed E-state index contributed by atoms with van der Waals surface area (Å²) in [6, 6.07) is 10.8. The lowest BCUT2D eigenvalue weighted by molar-refractivity contribution is 0.372. The molecular formula is C20H17ClN4O5. The molecule has 1 aliphatic rings. The topological polar surface area (TPSA) is 129 Å². The predicted molar refractivity (Wildman–Crippen MR) is 111 cm³/mol. The number of nitrogens with zero attached hydrogens (tertiary/aromatic N) is 2. The third-order valence-corrected chi connectivity index (χ3v) is 5.07. The number of halogens is 1. The third-order valence-electron chi connectivity index (χ3n) is 4.82. The summed E-state index contributed by atoms with van der Waals surface area (Å²) in [4.78, 5) is 27.0. The van der Waals surface area contributed by atoms with Gasteiger partial charge in [0.1, 0.15) is 5.56 Å². The summed E-state index contributed by atoms with van der Waals surface area (Å²) in [6.45, 7) is 0. The van der Waals surface area contributed by atoms with Crippen molar-refractivity contribution in [1.82, 2.24) is 15.0 Å². The van der Waals surface area contributed by atoms with E-state index >= 15 is 0 Å². The number of aromatic nitrogens is 2. The molecule has 0 fully saturated rings. The first-order valence-corrected chi connectivity index (χ1v) is 9.30. The average Bonchev–Trinajstić information content (AvgIpc) is 3.19. The number of hydrogen-bond acceptors (Lipinski definition) is 7. The summed E-state index contributed by atoms with van der Waals surface area (Å²) in [5.41, 5.74) is 2.67. The first kappa shape index (κ1) is 19.6. The molecule has 0 bridgehead atoms. The van der Waals surface area contributed by atoms with Gasteiger partial charge in [-0.25, -0.2) is 9.36 Å². The fourth-order valence-corrected chi connectivity index (χ4v) is 3.44. The van der Waals surface area contributed by atoms with Crippen LogP contribution < -0.4 is 21.4 Å². The van der Waals surface area contributed by atoms with Crippen molar-refractivity contribution in [3.8, 4) is 23.1 Å². The maximum Gasteiger partial charge on any atom is 0.335 e. The van der Waals surface area contributed by atoms with Gasteiger partial charge in [-0.1, -0.05) is 17.7 Å². The highest BCUT2D eigenvalue weighted by Crippen LogP contribution is 2.32. The van der Waals surface area contributed by atoms with Gasteiger partial charge in [0, 0.05) is 11.4 Å². The smallest absolute Gasteiger partial charge is 0.335 e. The lowest BCUT2D eigenvalue weighted by Gasteiger charge is -2.13. The van der Waals surface area contributed by atoms with Gasteiger partial charge in [-0.05, 0) is 42.0 Å². The Kier molecular flexibility index (Phi) is 4.96. The number of aromatic amines is 1. The second-order valence-corrected chi connectivity index (χ2v) is 7.08. The van der Waals surface area contributed by atoms with E-state index in [0.717, 1.165) is 10.1 Å². The molecule has 30 heavy (non-hydrogen) atoms. The number of hydrazone groups is 1. The molecule has 0 amide bonds. The molecule has 154 valence electrons. The van der Waals surface area contributed by atoms with Gasteiger partial charge in [0.05, 0.1) is 24.6 Å². The Morgan fingerprint density at radius 1 is 1.17 bits per heavy atom. The number of aromatic hydroxyl groups is 2. The first-order valence-electron chi connectivity index (χ1n) is 8.92. The van der Waals surface area contributed by atoms with Crippen molar-refractivity contribution in [2.24, 2.45) is 5.10 Å². The monoisotopic (exact) mass is 428 g/mol. The second-order valence-electron chi connectivity index (χ2n) is 6.65. The Labute approximate surface area is 174 Å². The summed E-state index contributed by atoms with van der Waals surface area (Å²) < 4.78 is 6.10. The van der Waals surface area contributed by atoms with Crippen LogP contribution in [0.4, 0.5) is 0 Å². The van der Waals surface area contributed by atoms with Crippen molar-refractivity contribution >= 4 is 17.3 Å². The van der Waals surface area contributed by atoms with E-state index in [1.165, 1.54) is 13.2 Å². The molecule has 2 aromatic carbocycles. The van der Waals surface area contributed by atoms with Crippen LogP contribution in [0.25, 0.3) is 5.69 Å². The molecule has 1 aliphatic heterocycles. The van der Waals surface area contributed by atoms with Crippen LogP contribution in [0.5, 0.6) is 17.4 Å². The summed E-state index contributed by atoms with van der Waals surface area (Å²) >= 11 is 5.88. The summed E-state index contributed by atoms with van der Waals surface area (Å²) in [6.07, 6.45) is 0.267. The molecule has 0 radical (unpaired) electrons. The molecular weight excluding hydrogens is 412 g/mol. The zero-order chi connectivity index (χ0) is 21.4. The summed E-state index contributed by atoms with van der Waals surface area (Å²) in [5.74, 6) is -0.209. The highest BCUT2D eigenvalue weighted by Gasteiger charge is 2.28. The molecule has 3 aromatic rings. The molecule has 0 saturated heterocycles. The first-order chi connectivity index (χ1) is 14.4.